The number of ether oxygens (including phenoxy) is 1. The average molecular weight is 138 g/mol. The molecule has 0 saturated heterocycles. The molecule has 54 valence electrons. The van der Waals surface area contributed by atoms with Crippen molar-refractivity contribution in [3.8, 4) is 0 Å². The van der Waals surface area contributed by atoms with E-state index in [1.54, 1.807) is 0 Å². The lowest BCUT2D eigenvalue weighted by molar-refractivity contribution is 0.0288. The number of aromatic nitrogens is 2. The summed E-state index contributed by atoms with van der Waals surface area (Å²) < 4.78 is 7.40. The Kier molecular flexibility index (Phi) is 1.24. The first kappa shape index (κ1) is 5.92. The molecule has 1 aliphatic heterocycles. The molecule has 0 spiro atoms. The van der Waals surface area contributed by atoms with Crippen LogP contribution in [0.25, 0.3) is 0 Å². The normalized spacial score (nSPS) is 24.3. The first-order valence-corrected chi connectivity index (χ1v) is 3.51. The Morgan fingerprint density at radius 3 is 3.50 bits per heavy atom. The third kappa shape index (κ3) is 0.743. The predicted molar refractivity (Wildman–Crippen MR) is 36.6 cm³/mol. The van der Waals surface area contributed by atoms with Crippen LogP contribution in [-0.2, 0) is 11.3 Å². The highest BCUT2D eigenvalue weighted by molar-refractivity contribution is 5.04. The molecule has 3 nitrogen and oxygen atoms in total. The van der Waals surface area contributed by atoms with Crippen LogP contribution in [0, 0.1) is 0 Å². The van der Waals surface area contributed by atoms with Crippen LogP contribution in [0.3, 0.4) is 0 Å². The van der Waals surface area contributed by atoms with Gasteiger partial charge in [-0.05, 0) is 13.0 Å². The van der Waals surface area contributed by atoms with Gasteiger partial charge in [-0.2, -0.15) is 5.10 Å². The van der Waals surface area contributed by atoms with Crippen LogP contribution < -0.4 is 0 Å². The number of fused-ring (bicyclic) bond motifs is 1. The number of rotatable bonds is 0. The summed E-state index contributed by atoms with van der Waals surface area (Å²) in [6.07, 6.45) is 2.04. The molecule has 0 fully saturated rings. The average Bonchev–Trinajstić information content (AvgIpc) is 2.36. The summed E-state index contributed by atoms with van der Waals surface area (Å²) in [5.74, 6) is 0. The van der Waals surface area contributed by atoms with E-state index in [0.29, 0.717) is 0 Å². The lowest BCUT2D eigenvalue weighted by atomic mass is 10.2. The van der Waals surface area contributed by atoms with E-state index in [1.165, 1.54) is 5.69 Å². The molecule has 1 aromatic rings. The second-order valence-electron chi connectivity index (χ2n) is 2.49. The largest absolute Gasteiger partial charge is 0.370 e. The molecule has 1 aromatic heterocycles. The molecular weight excluding hydrogens is 128 g/mol. The molecule has 1 atom stereocenters. The van der Waals surface area contributed by atoms with Crippen molar-refractivity contribution in [3.63, 3.8) is 0 Å². The van der Waals surface area contributed by atoms with Gasteiger partial charge >= 0.3 is 0 Å². The fraction of sp³-hybridized carbons (Fsp3) is 0.571. The second kappa shape index (κ2) is 2.09. The summed E-state index contributed by atoms with van der Waals surface area (Å²) in [7, 11) is 0. The van der Waals surface area contributed by atoms with Crippen LogP contribution in [0.15, 0.2) is 12.3 Å². The molecular formula is C7H10N2O. The van der Waals surface area contributed by atoms with E-state index in [2.05, 4.69) is 5.10 Å². The molecule has 0 aromatic carbocycles. The van der Waals surface area contributed by atoms with Gasteiger partial charge in [-0.3, -0.25) is 4.68 Å². The molecule has 0 radical (unpaired) electrons. The molecule has 0 saturated carbocycles. The van der Waals surface area contributed by atoms with E-state index < -0.39 is 0 Å². The van der Waals surface area contributed by atoms with Gasteiger partial charge in [-0.1, -0.05) is 0 Å². The van der Waals surface area contributed by atoms with Crippen LogP contribution in [0.1, 0.15) is 18.7 Å². The number of nitrogens with zero attached hydrogens (tertiary/aromatic N) is 2. The maximum absolute atomic E-state index is 5.40. The van der Waals surface area contributed by atoms with Gasteiger partial charge in [0.05, 0.1) is 24.9 Å². The molecule has 0 aliphatic carbocycles. The van der Waals surface area contributed by atoms with Gasteiger partial charge in [-0.25, -0.2) is 0 Å². The fourth-order valence-electron chi connectivity index (χ4n) is 1.28. The topological polar surface area (TPSA) is 27.1 Å². The van der Waals surface area contributed by atoms with E-state index in [1.807, 2.05) is 23.9 Å². The minimum Gasteiger partial charge on any atom is -0.370 e. The fourth-order valence-corrected chi connectivity index (χ4v) is 1.28. The molecule has 10 heavy (non-hydrogen) atoms. The standard InChI is InChI=1S/C7H10N2O/c1-6-7-2-3-8-9(7)4-5-10-6/h2-3,6H,4-5H2,1H3. The zero-order valence-electron chi connectivity index (χ0n) is 5.95. The third-order valence-corrected chi connectivity index (χ3v) is 1.84. The Labute approximate surface area is 59.6 Å². The summed E-state index contributed by atoms with van der Waals surface area (Å²) >= 11 is 0. The second-order valence-corrected chi connectivity index (χ2v) is 2.49. The Morgan fingerprint density at radius 2 is 2.70 bits per heavy atom. The van der Waals surface area contributed by atoms with Crippen LogP contribution in [0.4, 0.5) is 0 Å². The highest BCUT2D eigenvalue weighted by Crippen LogP contribution is 2.19. The Bertz CT molecular complexity index is 231. The van der Waals surface area contributed by atoms with Crippen molar-refractivity contribution in [2.75, 3.05) is 6.61 Å². The molecule has 1 aliphatic rings. The minimum atomic E-state index is 0.219. The molecule has 0 bridgehead atoms. The van der Waals surface area contributed by atoms with Crippen molar-refractivity contribution >= 4 is 0 Å². The van der Waals surface area contributed by atoms with Crippen molar-refractivity contribution in [1.82, 2.24) is 9.78 Å². The van der Waals surface area contributed by atoms with Gasteiger partial charge in [0.25, 0.3) is 0 Å². The SMILES string of the molecule is CC1OCCn2nccc21. The first-order valence-electron chi connectivity index (χ1n) is 3.51. The van der Waals surface area contributed by atoms with Crippen LogP contribution in [-0.4, -0.2) is 16.4 Å². The third-order valence-electron chi connectivity index (χ3n) is 1.84. The highest BCUT2D eigenvalue weighted by Gasteiger charge is 2.15. The predicted octanol–water partition coefficient (Wildman–Crippen LogP) is 0.974. The first-order chi connectivity index (χ1) is 4.88. The highest BCUT2D eigenvalue weighted by atomic mass is 16.5. The van der Waals surface area contributed by atoms with Crippen LogP contribution in [0.2, 0.25) is 0 Å². The van der Waals surface area contributed by atoms with E-state index in [4.69, 9.17) is 4.74 Å². The number of hydrogen-bond acceptors (Lipinski definition) is 2. The molecule has 1 unspecified atom stereocenters. The Morgan fingerprint density at radius 1 is 1.80 bits per heavy atom. The molecule has 3 heteroatoms. The van der Waals surface area contributed by atoms with Crippen molar-refractivity contribution in [2.45, 2.75) is 19.6 Å². The van der Waals surface area contributed by atoms with Gasteiger partial charge in [0.1, 0.15) is 0 Å². The van der Waals surface area contributed by atoms with Crippen LogP contribution in [0.5, 0.6) is 0 Å². The van der Waals surface area contributed by atoms with Gasteiger partial charge in [0.2, 0.25) is 0 Å². The molecule has 2 rings (SSSR count). The summed E-state index contributed by atoms with van der Waals surface area (Å²) in [4.78, 5) is 0. The van der Waals surface area contributed by atoms with Gasteiger partial charge in [0, 0.05) is 6.20 Å². The van der Waals surface area contributed by atoms with Crippen molar-refractivity contribution in [3.05, 3.63) is 18.0 Å². The Balaban J connectivity index is 2.41. The molecule has 0 amide bonds. The zero-order chi connectivity index (χ0) is 6.97. The van der Waals surface area contributed by atoms with E-state index in [0.717, 1.165) is 13.2 Å². The molecule has 0 N–H and O–H groups in total. The smallest absolute Gasteiger partial charge is 0.0964 e. The lowest BCUT2D eigenvalue weighted by Gasteiger charge is -2.20. The van der Waals surface area contributed by atoms with E-state index in [-0.39, 0.29) is 6.10 Å². The number of hydrogen-bond donors (Lipinski definition) is 0. The summed E-state index contributed by atoms with van der Waals surface area (Å²) in [6, 6.07) is 2.00. The monoisotopic (exact) mass is 138 g/mol. The van der Waals surface area contributed by atoms with Gasteiger partial charge in [0.15, 0.2) is 0 Å². The van der Waals surface area contributed by atoms with E-state index in [9.17, 15) is 0 Å². The lowest BCUT2D eigenvalue weighted by Crippen LogP contribution is -2.19. The van der Waals surface area contributed by atoms with Gasteiger partial charge in [-0.15, -0.1) is 0 Å². The van der Waals surface area contributed by atoms with Crippen molar-refractivity contribution in [2.24, 2.45) is 0 Å². The summed E-state index contributed by atoms with van der Waals surface area (Å²) in [5.41, 5.74) is 1.19. The van der Waals surface area contributed by atoms with E-state index >= 15 is 0 Å². The summed E-state index contributed by atoms with van der Waals surface area (Å²) in [6.45, 7) is 3.73. The van der Waals surface area contributed by atoms with Crippen molar-refractivity contribution in [1.29, 1.82) is 0 Å². The summed E-state index contributed by atoms with van der Waals surface area (Å²) in [5, 5.41) is 4.14. The maximum atomic E-state index is 5.40. The van der Waals surface area contributed by atoms with Crippen molar-refractivity contribution < 1.29 is 4.74 Å². The zero-order valence-corrected chi connectivity index (χ0v) is 5.95. The minimum absolute atomic E-state index is 0.219. The maximum Gasteiger partial charge on any atom is 0.0964 e. The van der Waals surface area contributed by atoms with Gasteiger partial charge < -0.3 is 4.74 Å². The van der Waals surface area contributed by atoms with Crippen LogP contribution >= 0.6 is 0 Å². The Hall–Kier alpha value is -0.830. The quantitative estimate of drug-likeness (QED) is 0.534. The molecule has 2 heterocycles.